The molecular formula is C15H28N2O2. The van der Waals surface area contributed by atoms with E-state index in [1.165, 1.54) is 12.8 Å². The lowest BCUT2D eigenvalue weighted by Gasteiger charge is -2.41. The van der Waals surface area contributed by atoms with Gasteiger partial charge in [0.1, 0.15) is 0 Å². The maximum atomic E-state index is 11.8. The first-order valence-corrected chi connectivity index (χ1v) is 7.35. The SMILES string of the molecule is CCOC(=O)N[C@@H]1[C@H](N(C)C)[C@H]2CC[C@@]1(C)C2(C)C. The quantitative estimate of drug-likeness (QED) is 0.855. The molecule has 2 aliphatic rings. The molecule has 2 saturated carbocycles. The molecule has 4 nitrogen and oxygen atoms in total. The van der Waals surface area contributed by atoms with Crippen molar-refractivity contribution in [2.75, 3.05) is 20.7 Å². The number of nitrogens with one attached hydrogen (secondary N) is 1. The van der Waals surface area contributed by atoms with Crippen molar-refractivity contribution in [3.63, 3.8) is 0 Å². The summed E-state index contributed by atoms with van der Waals surface area (Å²) < 4.78 is 5.08. The van der Waals surface area contributed by atoms with E-state index in [1.807, 2.05) is 6.92 Å². The Morgan fingerprint density at radius 3 is 2.53 bits per heavy atom. The number of carbonyl (C=O) groups excluding carboxylic acids is 1. The van der Waals surface area contributed by atoms with Gasteiger partial charge < -0.3 is 15.0 Å². The zero-order chi connectivity index (χ0) is 14.4. The summed E-state index contributed by atoms with van der Waals surface area (Å²) in [5.74, 6) is 0.638. The number of fused-ring (bicyclic) bond motifs is 2. The summed E-state index contributed by atoms with van der Waals surface area (Å²) in [6.07, 6.45) is 2.17. The molecule has 2 bridgehead atoms. The molecule has 1 N–H and O–H groups in total. The van der Waals surface area contributed by atoms with E-state index in [0.29, 0.717) is 18.6 Å². The fourth-order valence-corrected chi connectivity index (χ4v) is 4.53. The molecule has 0 aromatic rings. The molecule has 2 aliphatic carbocycles. The molecule has 0 aromatic carbocycles. The molecular weight excluding hydrogens is 240 g/mol. The predicted molar refractivity (Wildman–Crippen MR) is 76.0 cm³/mol. The van der Waals surface area contributed by atoms with E-state index in [0.717, 1.165) is 0 Å². The van der Waals surface area contributed by atoms with E-state index in [1.54, 1.807) is 0 Å². The van der Waals surface area contributed by atoms with Crippen LogP contribution in [0.1, 0.15) is 40.5 Å². The number of rotatable bonds is 3. The molecule has 19 heavy (non-hydrogen) atoms. The van der Waals surface area contributed by atoms with Gasteiger partial charge in [-0.05, 0) is 50.6 Å². The highest BCUT2D eigenvalue weighted by atomic mass is 16.5. The Labute approximate surface area is 116 Å². The number of likely N-dealkylation sites (N-methyl/N-ethyl adjacent to an activating group) is 1. The lowest BCUT2D eigenvalue weighted by Crippen LogP contribution is -2.56. The predicted octanol–water partition coefficient (Wildman–Crippen LogP) is 2.49. The summed E-state index contributed by atoms with van der Waals surface area (Å²) in [7, 11) is 4.23. The Morgan fingerprint density at radius 1 is 1.37 bits per heavy atom. The van der Waals surface area contributed by atoms with Crippen molar-refractivity contribution >= 4 is 6.09 Å². The van der Waals surface area contributed by atoms with Gasteiger partial charge in [0.25, 0.3) is 0 Å². The van der Waals surface area contributed by atoms with Gasteiger partial charge in [0.2, 0.25) is 0 Å². The average Bonchev–Trinajstić information content (AvgIpc) is 2.60. The van der Waals surface area contributed by atoms with Crippen LogP contribution in [0.15, 0.2) is 0 Å². The number of hydrogen-bond acceptors (Lipinski definition) is 3. The molecule has 0 aliphatic heterocycles. The van der Waals surface area contributed by atoms with Crippen molar-refractivity contribution in [2.45, 2.75) is 52.6 Å². The fourth-order valence-electron chi connectivity index (χ4n) is 4.53. The highest BCUT2D eigenvalue weighted by molar-refractivity contribution is 5.68. The first kappa shape index (κ1) is 14.6. The Hall–Kier alpha value is -0.770. The normalized spacial score (nSPS) is 39.6. The fraction of sp³-hybridized carbons (Fsp3) is 0.933. The van der Waals surface area contributed by atoms with Gasteiger partial charge in [0, 0.05) is 6.04 Å². The van der Waals surface area contributed by atoms with Crippen LogP contribution in [-0.4, -0.2) is 43.8 Å². The zero-order valence-corrected chi connectivity index (χ0v) is 13.1. The number of hydrogen-bond donors (Lipinski definition) is 1. The van der Waals surface area contributed by atoms with Gasteiger partial charge in [0.15, 0.2) is 0 Å². The van der Waals surface area contributed by atoms with Crippen LogP contribution in [0.5, 0.6) is 0 Å². The maximum absolute atomic E-state index is 11.8. The second kappa shape index (κ2) is 4.65. The number of alkyl carbamates (subject to hydrolysis) is 1. The summed E-state index contributed by atoms with van der Waals surface area (Å²) in [6.45, 7) is 9.31. The first-order valence-electron chi connectivity index (χ1n) is 7.35. The van der Waals surface area contributed by atoms with Crippen LogP contribution in [0.2, 0.25) is 0 Å². The lowest BCUT2D eigenvalue weighted by atomic mass is 9.69. The van der Waals surface area contributed by atoms with Gasteiger partial charge in [-0.2, -0.15) is 0 Å². The van der Waals surface area contributed by atoms with Crippen LogP contribution in [0.4, 0.5) is 4.79 Å². The monoisotopic (exact) mass is 268 g/mol. The third-order valence-corrected chi connectivity index (χ3v) is 5.96. The van der Waals surface area contributed by atoms with E-state index in [-0.39, 0.29) is 23.0 Å². The summed E-state index contributed by atoms with van der Waals surface area (Å²) in [5.41, 5.74) is 0.408. The zero-order valence-electron chi connectivity index (χ0n) is 13.1. The molecule has 0 spiro atoms. The molecule has 0 radical (unpaired) electrons. The molecule has 2 fully saturated rings. The highest BCUT2D eigenvalue weighted by Gasteiger charge is 2.67. The van der Waals surface area contributed by atoms with Crippen molar-refractivity contribution in [1.82, 2.24) is 10.2 Å². The van der Waals surface area contributed by atoms with Crippen LogP contribution in [-0.2, 0) is 4.74 Å². The average molecular weight is 268 g/mol. The topological polar surface area (TPSA) is 41.6 Å². The van der Waals surface area contributed by atoms with E-state index < -0.39 is 0 Å². The van der Waals surface area contributed by atoms with Crippen molar-refractivity contribution in [3.05, 3.63) is 0 Å². The molecule has 4 heteroatoms. The standard InChI is InChI=1S/C15H28N2O2/c1-7-19-13(18)16-12-11(17(5)6)10-8-9-15(12,4)14(10,2)3/h10-12H,7-9H2,1-6H3,(H,16,18)/t10-,11-,12-,15-/m1/s1. The van der Waals surface area contributed by atoms with Gasteiger partial charge in [-0.1, -0.05) is 20.8 Å². The van der Waals surface area contributed by atoms with Crippen LogP contribution in [0.3, 0.4) is 0 Å². The third kappa shape index (κ3) is 1.95. The summed E-state index contributed by atoms with van der Waals surface area (Å²) >= 11 is 0. The number of amides is 1. The minimum atomic E-state index is -0.274. The molecule has 1 amide bonds. The van der Waals surface area contributed by atoms with Crippen molar-refractivity contribution < 1.29 is 9.53 Å². The maximum Gasteiger partial charge on any atom is 0.407 e. The smallest absolute Gasteiger partial charge is 0.407 e. The van der Waals surface area contributed by atoms with Gasteiger partial charge in [-0.25, -0.2) is 4.79 Å². The number of carbonyl (C=O) groups is 1. The molecule has 2 rings (SSSR count). The number of nitrogens with zero attached hydrogens (tertiary/aromatic N) is 1. The first-order chi connectivity index (χ1) is 8.75. The van der Waals surface area contributed by atoms with Gasteiger partial charge in [0.05, 0.1) is 12.6 Å². The van der Waals surface area contributed by atoms with Crippen LogP contribution in [0.25, 0.3) is 0 Å². The van der Waals surface area contributed by atoms with Crippen LogP contribution in [0, 0.1) is 16.7 Å². The van der Waals surface area contributed by atoms with Crippen LogP contribution >= 0.6 is 0 Å². The summed E-state index contributed by atoms with van der Waals surface area (Å²) in [5, 5.41) is 3.14. The Kier molecular flexibility index (Phi) is 3.58. The Morgan fingerprint density at radius 2 is 2.00 bits per heavy atom. The molecule has 0 aromatic heterocycles. The van der Waals surface area contributed by atoms with Gasteiger partial charge in [-0.15, -0.1) is 0 Å². The van der Waals surface area contributed by atoms with E-state index in [9.17, 15) is 4.79 Å². The molecule has 110 valence electrons. The second-order valence-corrected chi connectivity index (χ2v) is 7.08. The van der Waals surface area contributed by atoms with Crippen LogP contribution < -0.4 is 5.32 Å². The van der Waals surface area contributed by atoms with E-state index in [2.05, 4.69) is 45.1 Å². The largest absolute Gasteiger partial charge is 0.450 e. The Bertz CT molecular complexity index is 367. The molecule has 0 saturated heterocycles. The molecule has 0 heterocycles. The second-order valence-electron chi connectivity index (χ2n) is 7.08. The minimum Gasteiger partial charge on any atom is -0.450 e. The molecule has 4 atom stereocenters. The summed E-state index contributed by atoms with van der Waals surface area (Å²) in [6, 6.07) is 0.577. The highest BCUT2D eigenvalue weighted by Crippen LogP contribution is 2.66. The molecule has 0 unspecified atom stereocenters. The van der Waals surface area contributed by atoms with Crippen molar-refractivity contribution in [3.8, 4) is 0 Å². The van der Waals surface area contributed by atoms with Gasteiger partial charge in [-0.3, -0.25) is 0 Å². The van der Waals surface area contributed by atoms with Crippen molar-refractivity contribution in [1.29, 1.82) is 0 Å². The summed E-state index contributed by atoms with van der Waals surface area (Å²) in [4.78, 5) is 14.1. The minimum absolute atomic E-state index is 0.152. The van der Waals surface area contributed by atoms with E-state index >= 15 is 0 Å². The Balaban J connectivity index is 2.27. The van der Waals surface area contributed by atoms with E-state index in [4.69, 9.17) is 4.74 Å². The third-order valence-electron chi connectivity index (χ3n) is 5.96. The van der Waals surface area contributed by atoms with Gasteiger partial charge >= 0.3 is 6.09 Å². The van der Waals surface area contributed by atoms with Crippen molar-refractivity contribution in [2.24, 2.45) is 16.7 Å². The lowest BCUT2D eigenvalue weighted by molar-refractivity contribution is 0.0918. The number of ether oxygens (including phenoxy) is 1.